The molecule has 0 unspecified atom stereocenters. The van der Waals surface area contributed by atoms with E-state index in [-0.39, 0.29) is 6.61 Å². The van der Waals surface area contributed by atoms with Gasteiger partial charge in [0.05, 0.1) is 6.61 Å². The highest BCUT2D eigenvalue weighted by atomic mass is 16.4. The van der Waals surface area contributed by atoms with Crippen LogP contribution in [0.4, 0.5) is 0 Å². The van der Waals surface area contributed by atoms with Crippen molar-refractivity contribution in [3.05, 3.63) is 0 Å². The lowest BCUT2D eigenvalue weighted by Crippen LogP contribution is -2.15. The van der Waals surface area contributed by atoms with Gasteiger partial charge >= 0.3 is 5.97 Å². The van der Waals surface area contributed by atoms with Crippen molar-refractivity contribution in [1.82, 2.24) is 4.90 Å². The van der Waals surface area contributed by atoms with Crippen LogP contribution in [0.1, 0.15) is 6.92 Å². The molecule has 0 aromatic heterocycles. The molecule has 0 radical (unpaired) electrons. The fourth-order valence-electron chi connectivity index (χ4n) is 0.200. The van der Waals surface area contributed by atoms with Gasteiger partial charge in [0.15, 0.2) is 0 Å². The number of hydrogen-bond acceptors (Lipinski definition) is 4. The van der Waals surface area contributed by atoms with Crippen LogP contribution in [0.15, 0.2) is 0 Å². The van der Waals surface area contributed by atoms with Crippen LogP contribution in [0, 0.1) is 0 Å². The average molecular weight is 177 g/mol. The Morgan fingerprint density at radius 2 is 1.67 bits per heavy atom. The normalized spacial score (nSPS) is 8.75. The molecule has 0 aliphatic heterocycles. The van der Waals surface area contributed by atoms with Crippen molar-refractivity contribution in [3.63, 3.8) is 0 Å². The summed E-state index contributed by atoms with van der Waals surface area (Å²) >= 11 is 0. The molecule has 0 aliphatic carbocycles. The quantitative estimate of drug-likeness (QED) is 0.552. The van der Waals surface area contributed by atoms with Gasteiger partial charge in [-0.05, 0) is 14.1 Å². The fourth-order valence-corrected chi connectivity index (χ4v) is 0.200. The molecule has 0 saturated heterocycles. The van der Waals surface area contributed by atoms with Gasteiger partial charge in [0.2, 0.25) is 5.78 Å². The van der Waals surface area contributed by atoms with Crippen LogP contribution in [0.2, 0.25) is 0 Å². The molecule has 5 nitrogen and oxygen atoms in total. The Balaban J connectivity index is 0. The number of aliphatic hydroxyl groups excluding tert-OH is 1. The predicted molar refractivity (Wildman–Crippen MR) is 44.0 cm³/mol. The SMILES string of the molecule is CC(=O)C(=O)O.CN(C)CCO. The van der Waals surface area contributed by atoms with Crippen LogP contribution < -0.4 is 0 Å². The van der Waals surface area contributed by atoms with E-state index in [1.807, 2.05) is 19.0 Å². The molecule has 0 aliphatic rings. The smallest absolute Gasteiger partial charge is 0.371 e. The maximum Gasteiger partial charge on any atom is 0.371 e. The van der Waals surface area contributed by atoms with E-state index in [0.29, 0.717) is 0 Å². The number of Topliss-reactive ketones (excluding diaryl/α,β-unsaturated/α-hetero) is 1. The van der Waals surface area contributed by atoms with Gasteiger partial charge in [-0.1, -0.05) is 0 Å². The molecule has 0 atom stereocenters. The second-order valence-electron chi connectivity index (χ2n) is 2.39. The second-order valence-corrected chi connectivity index (χ2v) is 2.39. The first-order valence-corrected chi connectivity index (χ1v) is 3.41. The summed E-state index contributed by atoms with van der Waals surface area (Å²) in [7, 11) is 3.85. The molecule has 0 fully saturated rings. The van der Waals surface area contributed by atoms with Crippen molar-refractivity contribution in [2.75, 3.05) is 27.2 Å². The third kappa shape index (κ3) is 16.0. The zero-order valence-electron chi connectivity index (χ0n) is 7.57. The number of ketones is 1. The number of rotatable bonds is 3. The number of carbonyl (C=O) groups is 2. The first-order chi connectivity index (χ1) is 5.41. The highest BCUT2D eigenvalue weighted by Crippen LogP contribution is 1.66. The molecule has 2 N–H and O–H groups in total. The minimum absolute atomic E-state index is 0.257. The number of carboxylic acids is 1. The number of likely N-dealkylation sites (N-methyl/N-ethyl adjacent to an activating group) is 1. The van der Waals surface area contributed by atoms with Gasteiger partial charge in [0.25, 0.3) is 0 Å². The molecule has 5 heteroatoms. The van der Waals surface area contributed by atoms with Crippen molar-refractivity contribution >= 4 is 11.8 Å². The number of carboxylic acid groups (broad SMARTS) is 1. The molecule has 0 aromatic rings. The number of carbonyl (C=O) groups excluding carboxylic acids is 1. The van der Waals surface area contributed by atoms with E-state index in [1.54, 1.807) is 0 Å². The Bertz CT molecular complexity index is 132. The molecule has 0 bridgehead atoms. The zero-order chi connectivity index (χ0) is 10.1. The topological polar surface area (TPSA) is 77.8 Å². The van der Waals surface area contributed by atoms with Gasteiger partial charge in [-0.2, -0.15) is 0 Å². The Morgan fingerprint density at radius 3 is 1.67 bits per heavy atom. The van der Waals surface area contributed by atoms with Crippen LogP contribution >= 0.6 is 0 Å². The van der Waals surface area contributed by atoms with Crippen molar-refractivity contribution in [2.24, 2.45) is 0 Å². The Labute approximate surface area is 71.6 Å². The monoisotopic (exact) mass is 177 g/mol. The van der Waals surface area contributed by atoms with Crippen LogP contribution in [0.3, 0.4) is 0 Å². The van der Waals surface area contributed by atoms with Crippen molar-refractivity contribution in [3.8, 4) is 0 Å². The van der Waals surface area contributed by atoms with Gasteiger partial charge in [-0.15, -0.1) is 0 Å². The van der Waals surface area contributed by atoms with Crippen LogP contribution in [0.25, 0.3) is 0 Å². The van der Waals surface area contributed by atoms with Gasteiger partial charge in [0.1, 0.15) is 0 Å². The fraction of sp³-hybridized carbons (Fsp3) is 0.714. The molecule has 12 heavy (non-hydrogen) atoms. The maximum absolute atomic E-state index is 9.54. The molecular weight excluding hydrogens is 162 g/mol. The largest absolute Gasteiger partial charge is 0.476 e. The Morgan fingerprint density at radius 1 is 1.33 bits per heavy atom. The molecular formula is C7H15NO4. The highest BCUT2D eigenvalue weighted by Gasteiger charge is 1.98. The van der Waals surface area contributed by atoms with Crippen molar-refractivity contribution in [1.29, 1.82) is 0 Å². The molecule has 0 heterocycles. The standard InChI is InChI=1S/C4H11NO.C3H4O3/c1-5(2)3-4-6;1-2(4)3(5)6/h6H,3-4H2,1-2H3;1H3,(H,5,6). The molecule has 0 rings (SSSR count). The van der Waals surface area contributed by atoms with Crippen LogP contribution in [-0.2, 0) is 9.59 Å². The lowest BCUT2D eigenvalue weighted by atomic mass is 10.5. The van der Waals surface area contributed by atoms with Gasteiger partial charge in [-0.25, -0.2) is 4.79 Å². The first kappa shape index (κ1) is 13.6. The van der Waals surface area contributed by atoms with E-state index in [4.69, 9.17) is 10.2 Å². The summed E-state index contributed by atoms with van der Waals surface area (Å²) in [6.45, 7) is 2.02. The lowest BCUT2D eigenvalue weighted by molar-refractivity contribution is -0.148. The van der Waals surface area contributed by atoms with E-state index in [0.717, 1.165) is 13.5 Å². The van der Waals surface area contributed by atoms with Gasteiger partial charge in [-0.3, -0.25) is 4.79 Å². The Hall–Kier alpha value is -0.940. The molecule has 0 amide bonds. The number of aliphatic carboxylic acids is 1. The molecule has 72 valence electrons. The summed E-state index contributed by atoms with van der Waals surface area (Å²) in [6, 6.07) is 0. The molecule has 0 aromatic carbocycles. The summed E-state index contributed by atoms with van der Waals surface area (Å²) in [4.78, 5) is 20.8. The maximum atomic E-state index is 9.54. The summed E-state index contributed by atoms with van der Waals surface area (Å²) in [5.41, 5.74) is 0. The number of nitrogens with zero attached hydrogens (tertiary/aromatic N) is 1. The van der Waals surface area contributed by atoms with E-state index in [1.165, 1.54) is 0 Å². The van der Waals surface area contributed by atoms with Gasteiger partial charge < -0.3 is 15.1 Å². The van der Waals surface area contributed by atoms with Gasteiger partial charge in [0, 0.05) is 13.5 Å². The third-order valence-electron chi connectivity index (χ3n) is 0.848. The van der Waals surface area contributed by atoms with Crippen LogP contribution in [0.5, 0.6) is 0 Å². The highest BCUT2D eigenvalue weighted by molar-refractivity contribution is 6.31. The first-order valence-electron chi connectivity index (χ1n) is 3.41. The van der Waals surface area contributed by atoms with Crippen molar-refractivity contribution < 1.29 is 19.8 Å². The predicted octanol–water partition coefficient (Wildman–Crippen LogP) is -0.800. The van der Waals surface area contributed by atoms with E-state index >= 15 is 0 Å². The van der Waals surface area contributed by atoms with Crippen LogP contribution in [-0.4, -0.2) is 54.1 Å². The third-order valence-corrected chi connectivity index (χ3v) is 0.848. The Kier molecular flexibility index (Phi) is 9.27. The summed E-state index contributed by atoms with van der Waals surface area (Å²) < 4.78 is 0. The summed E-state index contributed by atoms with van der Waals surface area (Å²) in [5.74, 6) is -2.20. The van der Waals surface area contributed by atoms with E-state index in [2.05, 4.69) is 0 Å². The molecule has 0 spiro atoms. The zero-order valence-corrected chi connectivity index (χ0v) is 7.57. The lowest BCUT2D eigenvalue weighted by Gasteiger charge is -2.03. The minimum Gasteiger partial charge on any atom is -0.476 e. The van der Waals surface area contributed by atoms with E-state index in [9.17, 15) is 9.59 Å². The summed E-state index contributed by atoms with van der Waals surface area (Å²) in [5, 5.41) is 15.8. The molecule has 0 saturated carbocycles. The minimum atomic E-state index is -1.38. The average Bonchev–Trinajstić information content (AvgIpc) is 1.87. The second kappa shape index (κ2) is 8.16. The number of hydrogen-bond donors (Lipinski definition) is 2. The summed E-state index contributed by atoms with van der Waals surface area (Å²) in [6.07, 6.45) is 0. The van der Waals surface area contributed by atoms with E-state index < -0.39 is 11.8 Å². The van der Waals surface area contributed by atoms with Crippen molar-refractivity contribution in [2.45, 2.75) is 6.92 Å². The number of aliphatic hydroxyl groups is 1.